The predicted octanol–water partition coefficient (Wildman–Crippen LogP) is 0.935. The molecular weight excluding hydrogens is 274 g/mol. The van der Waals surface area contributed by atoms with Gasteiger partial charge in [-0.1, -0.05) is 11.3 Å². The van der Waals surface area contributed by atoms with Crippen LogP contribution in [0.2, 0.25) is 0 Å². The van der Waals surface area contributed by atoms with Crippen molar-refractivity contribution < 1.29 is 4.79 Å². The Labute approximate surface area is 122 Å². The van der Waals surface area contributed by atoms with Crippen molar-refractivity contribution in [3.05, 3.63) is 4.88 Å². The smallest absolute Gasteiger partial charge is 0.265 e. The zero-order valence-electron chi connectivity index (χ0n) is 11.7. The molecule has 2 aliphatic rings. The fraction of sp³-hybridized carbons (Fsp3) is 0.692. The Kier molecular flexibility index (Phi) is 3.33. The second-order valence-electron chi connectivity index (χ2n) is 6.07. The van der Waals surface area contributed by atoms with Gasteiger partial charge in [-0.3, -0.25) is 4.79 Å². The van der Waals surface area contributed by atoms with E-state index in [0.29, 0.717) is 10.7 Å². The maximum absolute atomic E-state index is 12.2. The Morgan fingerprint density at radius 1 is 1.55 bits per heavy atom. The molecular formula is C13H21N5OS. The minimum absolute atomic E-state index is 0.0405. The Hall–Kier alpha value is -1.34. The molecule has 5 N–H and O–H groups in total. The first-order valence-electron chi connectivity index (χ1n) is 7.06. The van der Waals surface area contributed by atoms with Crippen molar-refractivity contribution in [2.24, 2.45) is 5.73 Å². The number of nitrogens with two attached hydrogens (primary N) is 2. The topological polar surface area (TPSA) is 97.3 Å². The third-order valence-electron chi connectivity index (χ3n) is 3.99. The van der Waals surface area contributed by atoms with Crippen LogP contribution >= 0.6 is 11.3 Å². The van der Waals surface area contributed by atoms with Gasteiger partial charge in [-0.15, -0.1) is 0 Å². The number of carbonyl (C=O) groups is 1. The highest BCUT2D eigenvalue weighted by Crippen LogP contribution is 2.36. The van der Waals surface area contributed by atoms with Gasteiger partial charge in [-0.05, 0) is 32.6 Å². The number of anilines is 2. The summed E-state index contributed by atoms with van der Waals surface area (Å²) < 4.78 is 0. The highest BCUT2D eigenvalue weighted by molar-refractivity contribution is 7.18. The highest BCUT2D eigenvalue weighted by atomic mass is 32.1. The molecule has 1 unspecified atom stereocenters. The molecule has 2 fully saturated rings. The van der Waals surface area contributed by atoms with E-state index in [9.17, 15) is 4.79 Å². The van der Waals surface area contributed by atoms with Crippen LogP contribution in [0.4, 0.5) is 10.9 Å². The number of nitrogen functional groups attached to an aromatic ring is 1. The van der Waals surface area contributed by atoms with Gasteiger partial charge in [-0.2, -0.15) is 0 Å². The van der Waals surface area contributed by atoms with Crippen molar-refractivity contribution in [1.29, 1.82) is 0 Å². The number of thiazole rings is 1. The van der Waals surface area contributed by atoms with Gasteiger partial charge in [0.25, 0.3) is 5.91 Å². The van der Waals surface area contributed by atoms with Gasteiger partial charge in [0.05, 0.1) is 0 Å². The number of rotatable bonds is 3. The first kappa shape index (κ1) is 13.6. The van der Waals surface area contributed by atoms with Crippen molar-refractivity contribution >= 4 is 28.2 Å². The molecule has 1 aromatic rings. The van der Waals surface area contributed by atoms with Crippen LogP contribution in [0.25, 0.3) is 0 Å². The molecule has 0 aromatic carbocycles. The maximum Gasteiger partial charge on any atom is 0.265 e. The monoisotopic (exact) mass is 295 g/mol. The molecule has 0 spiro atoms. The molecule has 3 rings (SSSR count). The molecule has 1 saturated heterocycles. The van der Waals surface area contributed by atoms with E-state index in [4.69, 9.17) is 11.5 Å². The molecule has 1 saturated carbocycles. The lowest BCUT2D eigenvalue weighted by Crippen LogP contribution is -2.42. The fourth-order valence-corrected chi connectivity index (χ4v) is 3.36. The van der Waals surface area contributed by atoms with E-state index in [-0.39, 0.29) is 17.5 Å². The van der Waals surface area contributed by atoms with E-state index in [0.717, 1.165) is 43.9 Å². The molecule has 1 aliphatic heterocycles. The molecule has 1 atom stereocenters. The molecule has 7 heteroatoms. The Balaban J connectivity index is 1.74. The van der Waals surface area contributed by atoms with Gasteiger partial charge in [-0.25, -0.2) is 4.98 Å². The number of hydrogen-bond acceptors (Lipinski definition) is 6. The van der Waals surface area contributed by atoms with Crippen LogP contribution in [0.15, 0.2) is 0 Å². The Bertz CT molecular complexity index is 525. The fourth-order valence-electron chi connectivity index (χ4n) is 2.45. The number of amides is 1. The van der Waals surface area contributed by atoms with Crippen LogP contribution < -0.4 is 21.7 Å². The van der Waals surface area contributed by atoms with Crippen molar-refractivity contribution in [2.45, 2.75) is 44.2 Å². The second kappa shape index (κ2) is 4.89. The zero-order valence-corrected chi connectivity index (χ0v) is 12.5. The molecule has 1 aliphatic carbocycles. The molecule has 1 aromatic heterocycles. The van der Waals surface area contributed by atoms with Gasteiger partial charge >= 0.3 is 0 Å². The summed E-state index contributed by atoms with van der Waals surface area (Å²) >= 11 is 1.37. The molecule has 20 heavy (non-hydrogen) atoms. The van der Waals surface area contributed by atoms with Crippen molar-refractivity contribution in [1.82, 2.24) is 10.3 Å². The van der Waals surface area contributed by atoms with Gasteiger partial charge in [0.1, 0.15) is 10.7 Å². The summed E-state index contributed by atoms with van der Waals surface area (Å²) in [5.74, 6) is 0.221. The van der Waals surface area contributed by atoms with E-state index >= 15 is 0 Å². The van der Waals surface area contributed by atoms with E-state index in [1.807, 2.05) is 6.92 Å². The molecule has 2 heterocycles. The molecule has 110 valence electrons. The van der Waals surface area contributed by atoms with Gasteiger partial charge in [0.15, 0.2) is 5.13 Å². The van der Waals surface area contributed by atoms with E-state index < -0.39 is 0 Å². The number of nitrogens with zero attached hydrogens (tertiary/aromatic N) is 2. The summed E-state index contributed by atoms with van der Waals surface area (Å²) in [4.78, 5) is 19.2. The molecule has 6 nitrogen and oxygen atoms in total. The van der Waals surface area contributed by atoms with E-state index in [2.05, 4.69) is 15.2 Å². The van der Waals surface area contributed by atoms with Crippen molar-refractivity contribution in [2.75, 3.05) is 23.7 Å². The summed E-state index contributed by atoms with van der Waals surface area (Å²) in [5, 5.41) is 3.83. The predicted molar refractivity (Wildman–Crippen MR) is 81.1 cm³/mol. The molecule has 1 amide bonds. The second-order valence-corrected chi connectivity index (χ2v) is 7.05. The van der Waals surface area contributed by atoms with E-state index in [1.54, 1.807) is 0 Å². The summed E-state index contributed by atoms with van der Waals surface area (Å²) in [6.45, 7) is 3.76. The van der Waals surface area contributed by atoms with Gasteiger partial charge in [0.2, 0.25) is 0 Å². The summed E-state index contributed by atoms with van der Waals surface area (Å²) in [5.41, 5.74) is 11.8. The van der Waals surface area contributed by atoms with Crippen molar-refractivity contribution in [3.63, 3.8) is 0 Å². The van der Waals surface area contributed by atoms with Gasteiger partial charge < -0.3 is 21.7 Å². The average molecular weight is 295 g/mol. The lowest BCUT2D eigenvalue weighted by Gasteiger charge is -2.30. The minimum atomic E-state index is -0.104. The number of hydrogen-bond donors (Lipinski definition) is 3. The number of nitrogens with one attached hydrogen (secondary N) is 1. The highest BCUT2D eigenvalue weighted by Gasteiger charge is 2.39. The van der Waals surface area contributed by atoms with E-state index in [1.165, 1.54) is 11.3 Å². The number of piperidine rings is 1. The lowest BCUT2D eigenvalue weighted by atomic mass is 10.1. The third-order valence-corrected chi connectivity index (χ3v) is 5.12. The Morgan fingerprint density at radius 3 is 2.95 bits per heavy atom. The van der Waals surface area contributed by atoms with Crippen LogP contribution in [-0.2, 0) is 0 Å². The maximum atomic E-state index is 12.2. The van der Waals surface area contributed by atoms with Gasteiger partial charge in [0, 0.05) is 24.7 Å². The van der Waals surface area contributed by atoms with Crippen LogP contribution in [0.1, 0.15) is 42.3 Å². The Morgan fingerprint density at radius 2 is 2.30 bits per heavy atom. The van der Waals surface area contributed by atoms with Crippen molar-refractivity contribution in [3.8, 4) is 0 Å². The quantitative estimate of drug-likeness (QED) is 0.771. The first-order valence-corrected chi connectivity index (χ1v) is 7.88. The average Bonchev–Trinajstić information content (AvgIpc) is 2.98. The summed E-state index contributed by atoms with van der Waals surface area (Å²) in [7, 11) is 0. The standard InChI is InChI=1S/C13H21N5OS/c1-13(4-5-13)17-11(19)9-10(15)16-12(20-9)18-6-2-3-8(14)7-18/h8H,2-7,14-15H2,1H3,(H,17,19). The normalized spacial score (nSPS) is 24.5. The lowest BCUT2D eigenvalue weighted by molar-refractivity contribution is 0.0940. The minimum Gasteiger partial charge on any atom is -0.382 e. The van der Waals surface area contributed by atoms with Crippen LogP contribution in [0, 0.1) is 0 Å². The largest absolute Gasteiger partial charge is 0.382 e. The van der Waals surface area contributed by atoms with Crippen LogP contribution in [0.5, 0.6) is 0 Å². The SMILES string of the molecule is CC1(NC(=O)c2sc(N3CCCC(N)C3)nc2N)CC1. The zero-order chi connectivity index (χ0) is 14.3. The molecule has 0 bridgehead atoms. The van der Waals surface area contributed by atoms with Crippen LogP contribution in [0.3, 0.4) is 0 Å². The number of carbonyl (C=O) groups excluding carboxylic acids is 1. The van der Waals surface area contributed by atoms with Crippen LogP contribution in [-0.4, -0.2) is 35.6 Å². The number of aromatic nitrogens is 1. The third kappa shape index (κ3) is 2.73. The summed E-state index contributed by atoms with van der Waals surface area (Å²) in [6, 6.07) is 0.177. The first-order chi connectivity index (χ1) is 9.47. The summed E-state index contributed by atoms with van der Waals surface area (Å²) in [6.07, 6.45) is 4.17. The molecule has 0 radical (unpaired) electrons.